The number of benzene rings is 1. The van der Waals surface area contributed by atoms with Crippen molar-refractivity contribution in [2.24, 2.45) is 0 Å². The number of likely N-dealkylation sites (tertiary alicyclic amines) is 1. The fraction of sp³-hybridized carbons (Fsp3) is 0.400. The molecule has 2 atom stereocenters. The van der Waals surface area contributed by atoms with Crippen molar-refractivity contribution in [2.75, 3.05) is 18.1 Å². The molecule has 110 valence electrons. The number of carbonyl (C=O) groups excluding carboxylic acids is 1. The van der Waals surface area contributed by atoms with Gasteiger partial charge in [0.1, 0.15) is 12.5 Å². The molecule has 2 unspecified atom stereocenters. The molecule has 2 fully saturated rings. The normalized spacial score (nSPS) is 29.2. The molecule has 1 amide bonds. The lowest BCUT2D eigenvalue weighted by atomic mass is 10.2. The monoisotopic (exact) mass is 285 g/mol. The number of fused-ring (bicyclic) bond motifs is 1. The molecule has 0 radical (unpaired) electrons. The number of nitrogens with zero attached hydrogens (tertiary/aromatic N) is 2. The van der Waals surface area contributed by atoms with Crippen molar-refractivity contribution in [3.05, 3.63) is 42.1 Å². The lowest BCUT2D eigenvalue weighted by Crippen LogP contribution is -2.66. The van der Waals surface area contributed by atoms with Crippen LogP contribution in [0.25, 0.3) is 0 Å². The van der Waals surface area contributed by atoms with Crippen LogP contribution in [0.1, 0.15) is 12.8 Å². The largest absolute Gasteiger partial charge is 0.324 e. The molecule has 0 spiro atoms. The molecule has 0 aromatic heterocycles. The fourth-order valence-electron chi connectivity index (χ4n) is 3.12. The highest BCUT2D eigenvalue weighted by atomic mass is 16.2. The zero-order valence-corrected chi connectivity index (χ0v) is 11.7. The third kappa shape index (κ3) is 2.31. The van der Waals surface area contributed by atoms with Crippen LogP contribution in [0, 0.1) is 0 Å². The van der Waals surface area contributed by atoms with E-state index in [-0.39, 0.29) is 18.4 Å². The van der Waals surface area contributed by atoms with E-state index in [0.29, 0.717) is 0 Å². The molecular formula is C15H19N5O. The van der Waals surface area contributed by atoms with Gasteiger partial charge in [-0.2, -0.15) is 0 Å². The van der Waals surface area contributed by atoms with E-state index in [4.69, 9.17) is 0 Å². The van der Waals surface area contributed by atoms with Gasteiger partial charge in [0.2, 0.25) is 0 Å². The molecule has 3 heterocycles. The van der Waals surface area contributed by atoms with Crippen LogP contribution in [0.15, 0.2) is 42.1 Å². The second kappa shape index (κ2) is 5.14. The minimum absolute atomic E-state index is 0.00146. The Kier molecular flexibility index (Phi) is 3.14. The summed E-state index contributed by atoms with van der Waals surface area (Å²) in [5.74, 6) is 0.00146. The lowest BCUT2D eigenvalue weighted by molar-refractivity contribution is -0.121. The van der Waals surface area contributed by atoms with Crippen LogP contribution in [0.4, 0.5) is 5.69 Å². The molecule has 21 heavy (non-hydrogen) atoms. The Bertz CT molecular complexity index is 567. The van der Waals surface area contributed by atoms with Crippen LogP contribution >= 0.6 is 0 Å². The van der Waals surface area contributed by atoms with Crippen molar-refractivity contribution in [1.29, 1.82) is 0 Å². The second-order valence-electron chi connectivity index (χ2n) is 5.64. The molecule has 6 nitrogen and oxygen atoms in total. The average molecular weight is 285 g/mol. The number of nitrogens with one attached hydrogen (secondary N) is 3. The molecular weight excluding hydrogens is 266 g/mol. The quantitative estimate of drug-likeness (QED) is 0.730. The van der Waals surface area contributed by atoms with E-state index in [2.05, 4.69) is 21.0 Å². The van der Waals surface area contributed by atoms with Gasteiger partial charge in [0.25, 0.3) is 5.91 Å². The summed E-state index contributed by atoms with van der Waals surface area (Å²) in [6.07, 6.45) is 4.05. The highest BCUT2D eigenvalue weighted by molar-refractivity contribution is 5.96. The van der Waals surface area contributed by atoms with Crippen LogP contribution in [0.3, 0.4) is 0 Å². The Morgan fingerprint density at radius 2 is 1.86 bits per heavy atom. The van der Waals surface area contributed by atoms with E-state index < -0.39 is 0 Å². The second-order valence-corrected chi connectivity index (χ2v) is 5.64. The van der Waals surface area contributed by atoms with Crippen molar-refractivity contribution in [2.45, 2.75) is 25.3 Å². The highest BCUT2D eigenvalue weighted by Crippen LogP contribution is 2.22. The Hall–Kier alpha value is -1.89. The third-order valence-corrected chi connectivity index (χ3v) is 4.24. The van der Waals surface area contributed by atoms with Gasteiger partial charge in [0.15, 0.2) is 0 Å². The number of hydrazine groups is 1. The first-order valence-electron chi connectivity index (χ1n) is 7.44. The maximum atomic E-state index is 12.3. The van der Waals surface area contributed by atoms with Crippen LogP contribution in [-0.2, 0) is 4.79 Å². The van der Waals surface area contributed by atoms with Gasteiger partial charge in [0, 0.05) is 19.3 Å². The summed E-state index contributed by atoms with van der Waals surface area (Å²) in [6.45, 7) is 2.07. The van der Waals surface area contributed by atoms with Crippen molar-refractivity contribution in [1.82, 2.24) is 21.0 Å². The molecule has 4 rings (SSSR count). The van der Waals surface area contributed by atoms with E-state index in [1.807, 2.05) is 41.5 Å². The molecule has 2 saturated heterocycles. The van der Waals surface area contributed by atoms with Crippen molar-refractivity contribution >= 4 is 11.6 Å². The Balaban J connectivity index is 1.52. The Morgan fingerprint density at radius 1 is 1.10 bits per heavy atom. The SMILES string of the molecule is O=C1NC(N2CCCC2)NC2NN(c3ccccc3)C=C12. The maximum Gasteiger partial charge on any atom is 0.254 e. The van der Waals surface area contributed by atoms with Gasteiger partial charge in [0.05, 0.1) is 11.3 Å². The van der Waals surface area contributed by atoms with Crippen molar-refractivity contribution in [3.8, 4) is 0 Å². The topological polar surface area (TPSA) is 59.6 Å². The zero-order chi connectivity index (χ0) is 14.2. The summed E-state index contributed by atoms with van der Waals surface area (Å²) in [4.78, 5) is 14.6. The fourth-order valence-corrected chi connectivity index (χ4v) is 3.12. The van der Waals surface area contributed by atoms with Crippen LogP contribution in [0.5, 0.6) is 0 Å². The molecule has 1 aromatic rings. The molecule has 0 saturated carbocycles. The number of hydrogen-bond donors (Lipinski definition) is 3. The first-order valence-corrected chi connectivity index (χ1v) is 7.44. The summed E-state index contributed by atoms with van der Waals surface area (Å²) < 4.78 is 0. The van der Waals surface area contributed by atoms with Crippen molar-refractivity contribution in [3.63, 3.8) is 0 Å². The molecule has 0 bridgehead atoms. The zero-order valence-electron chi connectivity index (χ0n) is 11.7. The number of hydrogen-bond acceptors (Lipinski definition) is 5. The van der Waals surface area contributed by atoms with Crippen LogP contribution in [0.2, 0.25) is 0 Å². The Morgan fingerprint density at radius 3 is 2.62 bits per heavy atom. The van der Waals surface area contributed by atoms with Crippen LogP contribution < -0.4 is 21.1 Å². The van der Waals surface area contributed by atoms with Gasteiger partial charge in [-0.15, -0.1) is 0 Å². The van der Waals surface area contributed by atoms with E-state index in [0.717, 1.165) is 24.4 Å². The minimum atomic E-state index is -0.135. The molecule has 3 N–H and O–H groups in total. The molecule has 6 heteroatoms. The van der Waals surface area contributed by atoms with Gasteiger partial charge < -0.3 is 5.32 Å². The number of amides is 1. The molecule has 3 aliphatic heterocycles. The summed E-state index contributed by atoms with van der Waals surface area (Å²) >= 11 is 0. The first kappa shape index (κ1) is 12.8. The van der Waals surface area contributed by atoms with E-state index in [1.54, 1.807) is 0 Å². The first-order chi connectivity index (χ1) is 10.3. The average Bonchev–Trinajstić information content (AvgIpc) is 3.17. The third-order valence-electron chi connectivity index (χ3n) is 4.24. The molecule has 1 aromatic carbocycles. The van der Waals surface area contributed by atoms with Gasteiger partial charge >= 0.3 is 0 Å². The predicted octanol–water partition coefficient (Wildman–Crippen LogP) is 0.320. The Labute approximate surface area is 123 Å². The van der Waals surface area contributed by atoms with E-state index in [9.17, 15) is 4.79 Å². The van der Waals surface area contributed by atoms with E-state index in [1.165, 1.54) is 12.8 Å². The summed E-state index contributed by atoms with van der Waals surface area (Å²) in [5.41, 5.74) is 5.09. The maximum absolute atomic E-state index is 12.3. The van der Waals surface area contributed by atoms with Gasteiger partial charge in [-0.05, 0) is 25.0 Å². The van der Waals surface area contributed by atoms with Gasteiger partial charge in [-0.1, -0.05) is 18.2 Å². The van der Waals surface area contributed by atoms with Crippen LogP contribution in [-0.4, -0.2) is 36.4 Å². The number of carbonyl (C=O) groups is 1. The standard InChI is InChI=1S/C15H19N5O/c21-14-12-10-20(11-6-2-1-3-7-11)18-13(12)16-15(17-14)19-8-4-5-9-19/h1-3,6-7,10,13,15-16,18H,4-5,8-9H2,(H,17,21). The lowest BCUT2D eigenvalue weighted by Gasteiger charge is -2.36. The van der Waals surface area contributed by atoms with Gasteiger partial charge in [-0.25, -0.2) is 5.43 Å². The van der Waals surface area contributed by atoms with Crippen molar-refractivity contribution < 1.29 is 4.79 Å². The highest BCUT2D eigenvalue weighted by Gasteiger charge is 2.38. The smallest absolute Gasteiger partial charge is 0.254 e. The predicted molar refractivity (Wildman–Crippen MR) is 79.8 cm³/mol. The summed E-state index contributed by atoms with van der Waals surface area (Å²) in [6, 6.07) is 9.97. The number of rotatable bonds is 2. The summed E-state index contributed by atoms with van der Waals surface area (Å²) in [7, 11) is 0. The molecule has 3 aliphatic rings. The molecule has 0 aliphatic carbocycles. The number of anilines is 1. The minimum Gasteiger partial charge on any atom is -0.324 e. The summed E-state index contributed by atoms with van der Waals surface area (Å²) in [5, 5.41) is 8.40. The van der Waals surface area contributed by atoms with E-state index >= 15 is 0 Å². The van der Waals surface area contributed by atoms with Gasteiger partial charge in [-0.3, -0.25) is 20.0 Å². The number of para-hydroxylation sites is 1.